The van der Waals surface area contributed by atoms with Crippen LogP contribution >= 0.6 is 0 Å². The van der Waals surface area contributed by atoms with E-state index in [2.05, 4.69) is 22.3 Å². The molecular weight excluding hydrogens is 240 g/mol. The number of rotatable bonds is 4. The second-order valence-electron chi connectivity index (χ2n) is 4.92. The number of nitrogens with zero attached hydrogens (tertiary/aromatic N) is 1. The summed E-state index contributed by atoms with van der Waals surface area (Å²) in [5.74, 6) is 0.955. The molecule has 1 aromatic carbocycles. The molecule has 1 heterocycles. The van der Waals surface area contributed by atoms with Gasteiger partial charge in [0, 0.05) is 37.8 Å². The average Bonchev–Trinajstić information content (AvgIpc) is 2.39. The zero-order chi connectivity index (χ0) is 13.7. The summed E-state index contributed by atoms with van der Waals surface area (Å²) in [4.78, 5) is 13.5. The van der Waals surface area contributed by atoms with Gasteiger partial charge in [0.05, 0.1) is 6.61 Å². The van der Waals surface area contributed by atoms with Gasteiger partial charge in [0.2, 0.25) is 5.91 Å². The summed E-state index contributed by atoms with van der Waals surface area (Å²) in [6.07, 6.45) is 2.16. The van der Waals surface area contributed by atoms with Crippen LogP contribution in [0.4, 0.5) is 5.69 Å². The Labute approximate surface area is 114 Å². The highest BCUT2D eigenvalue weighted by atomic mass is 16.5. The van der Waals surface area contributed by atoms with Crippen molar-refractivity contribution in [3.05, 3.63) is 24.3 Å². The second-order valence-corrected chi connectivity index (χ2v) is 4.92. The smallest absolute Gasteiger partial charge is 0.217 e. The largest absolute Gasteiger partial charge is 0.494 e. The summed E-state index contributed by atoms with van der Waals surface area (Å²) in [7, 11) is 0. The van der Waals surface area contributed by atoms with Crippen LogP contribution in [0.25, 0.3) is 0 Å². The van der Waals surface area contributed by atoms with Crippen LogP contribution in [-0.4, -0.2) is 31.6 Å². The molecule has 104 valence electrons. The van der Waals surface area contributed by atoms with Crippen molar-refractivity contribution in [2.75, 3.05) is 24.6 Å². The van der Waals surface area contributed by atoms with Crippen LogP contribution in [0.1, 0.15) is 26.7 Å². The lowest BCUT2D eigenvalue weighted by Gasteiger charge is -2.34. The molecule has 0 saturated carbocycles. The minimum absolute atomic E-state index is 0.0508. The third-order valence-corrected chi connectivity index (χ3v) is 3.32. The Hall–Kier alpha value is -1.71. The quantitative estimate of drug-likeness (QED) is 0.904. The normalized spacial score (nSPS) is 19.1. The molecule has 0 aromatic heterocycles. The van der Waals surface area contributed by atoms with Gasteiger partial charge in [-0.3, -0.25) is 4.79 Å². The Morgan fingerprint density at radius 1 is 1.53 bits per heavy atom. The molecule has 19 heavy (non-hydrogen) atoms. The van der Waals surface area contributed by atoms with Gasteiger partial charge in [-0.15, -0.1) is 0 Å². The van der Waals surface area contributed by atoms with Crippen molar-refractivity contribution in [2.24, 2.45) is 0 Å². The Morgan fingerprint density at radius 3 is 3.11 bits per heavy atom. The molecule has 1 aliphatic heterocycles. The predicted octanol–water partition coefficient (Wildman–Crippen LogP) is 2.19. The molecule has 1 unspecified atom stereocenters. The van der Waals surface area contributed by atoms with Gasteiger partial charge in [-0.1, -0.05) is 6.07 Å². The van der Waals surface area contributed by atoms with Crippen LogP contribution in [0.3, 0.4) is 0 Å². The van der Waals surface area contributed by atoms with Crippen LogP contribution < -0.4 is 15.0 Å². The summed E-state index contributed by atoms with van der Waals surface area (Å²) >= 11 is 0. The number of carbonyl (C=O) groups is 1. The molecule has 2 rings (SSSR count). The topological polar surface area (TPSA) is 41.6 Å². The van der Waals surface area contributed by atoms with Crippen molar-refractivity contribution in [3.8, 4) is 5.75 Å². The average molecular weight is 262 g/mol. The van der Waals surface area contributed by atoms with E-state index in [4.69, 9.17) is 4.74 Å². The zero-order valence-corrected chi connectivity index (χ0v) is 11.7. The molecule has 1 atom stereocenters. The van der Waals surface area contributed by atoms with E-state index in [0.29, 0.717) is 6.61 Å². The molecule has 0 spiro atoms. The highest BCUT2D eigenvalue weighted by molar-refractivity contribution is 5.73. The van der Waals surface area contributed by atoms with Gasteiger partial charge < -0.3 is 15.0 Å². The summed E-state index contributed by atoms with van der Waals surface area (Å²) in [5.41, 5.74) is 1.17. The standard InChI is InChI=1S/C15H22N2O2/c1-3-19-15-8-4-7-14(10-15)17-9-5-6-13(11-17)16-12(2)18/h4,7-8,10,13H,3,5-6,9,11H2,1-2H3,(H,16,18). The van der Waals surface area contributed by atoms with Crippen molar-refractivity contribution in [3.63, 3.8) is 0 Å². The fraction of sp³-hybridized carbons (Fsp3) is 0.533. The minimum Gasteiger partial charge on any atom is -0.494 e. The van der Waals surface area contributed by atoms with Crippen LogP contribution in [-0.2, 0) is 4.79 Å². The van der Waals surface area contributed by atoms with Crippen LogP contribution in [0.2, 0.25) is 0 Å². The van der Waals surface area contributed by atoms with Crippen molar-refractivity contribution in [2.45, 2.75) is 32.7 Å². The first kappa shape index (κ1) is 13.7. The first-order chi connectivity index (χ1) is 9.19. The van der Waals surface area contributed by atoms with E-state index in [-0.39, 0.29) is 11.9 Å². The summed E-state index contributed by atoms with van der Waals surface area (Å²) < 4.78 is 5.53. The second kappa shape index (κ2) is 6.45. The lowest BCUT2D eigenvalue weighted by atomic mass is 10.0. The molecule has 4 nitrogen and oxygen atoms in total. The van der Waals surface area contributed by atoms with E-state index in [1.165, 1.54) is 5.69 Å². The molecule has 0 radical (unpaired) electrons. The molecule has 1 amide bonds. The third kappa shape index (κ3) is 3.88. The predicted molar refractivity (Wildman–Crippen MR) is 76.7 cm³/mol. The van der Waals surface area contributed by atoms with Gasteiger partial charge in [0.1, 0.15) is 5.75 Å². The summed E-state index contributed by atoms with van der Waals surface area (Å²) in [6.45, 7) is 6.15. The van der Waals surface area contributed by atoms with Crippen LogP contribution in [0.15, 0.2) is 24.3 Å². The first-order valence-electron chi connectivity index (χ1n) is 6.94. The maximum Gasteiger partial charge on any atom is 0.217 e. The highest BCUT2D eigenvalue weighted by Gasteiger charge is 2.20. The van der Waals surface area contributed by atoms with Gasteiger partial charge in [-0.25, -0.2) is 0 Å². The van der Waals surface area contributed by atoms with Gasteiger partial charge >= 0.3 is 0 Å². The van der Waals surface area contributed by atoms with Crippen LogP contribution in [0.5, 0.6) is 5.75 Å². The minimum atomic E-state index is 0.0508. The monoisotopic (exact) mass is 262 g/mol. The third-order valence-electron chi connectivity index (χ3n) is 3.32. The number of anilines is 1. The number of hydrogen-bond acceptors (Lipinski definition) is 3. The van der Waals surface area contributed by atoms with Gasteiger partial charge in [-0.2, -0.15) is 0 Å². The molecule has 1 fully saturated rings. The summed E-state index contributed by atoms with van der Waals surface area (Å²) in [5, 5.41) is 3.01. The van der Waals surface area contributed by atoms with E-state index in [1.807, 2.05) is 19.1 Å². The molecular formula is C15H22N2O2. The highest BCUT2D eigenvalue weighted by Crippen LogP contribution is 2.24. The molecule has 0 aliphatic carbocycles. The lowest BCUT2D eigenvalue weighted by Crippen LogP contribution is -2.47. The van der Waals surface area contributed by atoms with E-state index in [1.54, 1.807) is 6.92 Å². The molecule has 0 bridgehead atoms. The Bertz CT molecular complexity index is 434. The molecule has 1 N–H and O–H groups in total. The number of hydrogen-bond donors (Lipinski definition) is 1. The fourth-order valence-electron chi connectivity index (χ4n) is 2.55. The van der Waals surface area contributed by atoms with E-state index in [9.17, 15) is 4.79 Å². The van der Waals surface area contributed by atoms with Gasteiger partial charge in [-0.05, 0) is 31.9 Å². The number of amides is 1. The van der Waals surface area contributed by atoms with Crippen molar-refractivity contribution < 1.29 is 9.53 Å². The van der Waals surface area contributed by atoms with E-state index in [0.717, 1.165) is 31.7 Å². The Morgan fingerprint density at radius 2 is 2.37 bits per heavy atom. The summed E-state index contributed by atoms with van der Waals surface area (Å²) in [6, 6.07) is 8.41. The number of carbonyl (C=O) groups excluding carboxylic acids is 1. The fourth-order valence-corrected chi connectivity index (χ4v) is 2.55. The first-order valence-corrected chi connectivity index (χ1v) is 6.94. The van der Waals surface area contributed by atoms with Gasteiger partial charge in [0.15, 0.2) is 0 Å². The molecule has 1 aromatic rings. The van der Waals surface area contributed by atoms with Crippen molar-refractivity contribution in [1.29, 1.82) is 0 Å². The Balaban J connectivity index is 2.04. The molecule has 1 aliphatic rings. The zero-order valence-electron chi connectivity index (χ0n) is 11.7. The maximum atomic E-state index is 11.1. The number of piperidine rings is 1. The SMILES string of the molecule is CCOc1cccc(N2CCCC(NC(C)=O)C2)c1. The van der Waals surface area contributed by atoms with E-state index >= 15 is 0 Å². The number of ether oxygens (including phenoxy) is 1. The Kier molecular flexibility index (Phi) is 4.66. The van der Waals surface area contributed by atoms with Crippen molar-refractivity contribution >= 4 is 11.6 Å². The molecule has 4 heteroatoms. The molecule has 1 saturated heterocycles. The number of nitrogens with one attached hydrogen (secondary N) is 1. The lowest BCUT2D eigenvalue weighted by molar-refractivity contribution is -0.119. The van der Waals surface area contributed by atoms with Gasteiger partial charge in [0.25, 0.3) is 0 Å². The maximum absolute atomic E-state index is 11.1. The number of benzene rings is 1. The van der Waals surface area contributed by atoms with Crippen LogP contribution in [0, 0.1) is 0 Å². The van der Waals surface area contributed by atoms with Crippen molar-refractivity contribution in [1.82, 2.24) is 5.32 Å². The van der Waals surface area contributed by atoms with E-state index < -0.39 is 0 Å².